The van der Waals surface area contributed by atoms with Crippen molar-refractivity contribution in [3.8, 4) is 0 Å². The van der Waals surface area contributed by atoms with E-state index in [9.17, 15) is 20.2 Å². The maximum absolute atomic E-state index is 13.0. The molecular formula is C17H21BrN2O5. The van der Waals surface area contributed by atoms with E-state index in [1.54, 1.807) is 0 Å². The largest absolute Gasteiger partial charge is 0.509 e. The Labute approximate surface area is 154 Å². The van der Waals surface area contributed by atoms with Gasteiger partial charge in [-0.1, -0.05) is 15.9 Å². The minimum atomic E-state index is -1.08. The van der Waals surface area contributed by atoms with E-state index in [-0.39, 0.29) is 24.4 Å². The van der Waals surface area contributed by atoms with Gasteiger partial charge in [0.2, 0.25) is 0 Å². The number of rotatable bonds is 3. The molecule has 136 valence electrons. The Morgan fingerprint density at radius 1 is 1.24 bits per heavy atom. The molecule has 0 unspecified atom stereocenters. The van der Waals surface area contributed by atoms with Crippen LogP contribution in [0.5, 0.6) is 0 Å². The van der Waals surface area contributed by atoms with Gasteiger partial charge in [0.1, 0.15) is 11.3 Å². The lowest BCUT2D eigenvalue weighted by Gasteiger charge is -2.41. The monoisotopic (exact) mass is 412 g/mol. The summed E-state index contributed by atoms with van der Waals surface area (Å²) in [4.78, 5) is 18.2. The van der Waals surface area contributed by atoms with Crippen LogP contribution in [-0.2, 0) is 9.63 Å². The Hall–Kier alpha value is -1.45. The highest BCUT2D eigenvalue weighted by Crippen LogP contribution is 2.46. The minimum Gasteiger partial charge on any atom is -0.509 e. The quantitative estimate of drug-likeness (QED) is 0.659. The second kappa shape index (κ2) is 6.69. The molecular weight excluding hydrogens is 392 g/mol. The number of piperidine rings is 1. The second-order valence-electron chi connectivity index (χ2n) is 6.48. The number of aliphatic hydroxyl groups is 2. The summed E-state index contributed by atoms with van der Waals surface area (Å²) in [5.74, 6) is -0.579. The van der Waals surface area contributed by atoms with Gasteiger partial charge >= 0.3 is 0 Å². The summed E-state index contributed by atoms with van der Waals surface area (Å²) in [5, 5.41) is 32.0. The van der Waals surface area contributed by atoms with E-state index in [4.69, 9.17) is 4.84 Å². The van der Waals surface area contributed by atoms with Crippen molar-refractivity contribution in [2.24, 2.45) is 0 Å². The van der Waals surface area contributed by atoms with Gasteiger partial charge in [-0.05, 0) is 49.9 Å². The molecule has 1 spiro atoms. The van der Waals surface area contributed by atoms with Gasteiger partial charge in [-0.15, -0.1) is 0 Å². The summed E-state index contributed by atoms with van der Waals surface area (Å²) >= 11 is 3.47. The van der Waals surface area contributed by atoms with Crippen molar-refractivity contribution >= 4 is 27.4 Å². The molecule has 1 aromatic carbocycles. The van der Waals surface area contributed by atoms with Crippen LogP contribution in [0.1, 0.15) is 29.5 Å². The third-order valence-corrected chi connectivity index (χ3v) is 5.73. The number of carbonyl (C=O) groups is 1. The maximum Gasteiger partial charge on any atom is 0.282 e. The molecule has 3 rings (SSSR count). The van der Waals surface area contributed by atoms with Crippen LogP contribution in [0.2, 0.25) is 0 Å². The lowest BCUT2D eigenvalue weighted by atomic mass is 9.86. The fraction of sp³-hybridized carbons (Fsp3) is 0.471. The molecule has 1 saturated heterocycles. The van der Waals surface area contributed by atoms with Crippen molar-refractivity contribution in [1.82, 2.24) is 10.1 Å². The predicted molar refractivity (Wildman–Crippen MR) is 93.5 cm³/mol. The van der Waals surface area contributed by atoms with Gasteiger partial charge < -0.3 is 15.4 Å². The third-order valence-electron chi connectivity index (χ3n) is 5.07. The van der Waals surface area contributed by atoms with Crippen LogP contribution in [0.25, 0.3) is 5.57 Å². The average Bonchev–Trinajstić information content (AvgIpc) is 2.76. The number of carbonyl (C=O) groups excluding carboxylic acids is 1. The van der Waals surface area contributed by atoms with Gasteiger partial charge in [0.05, 0.1) is 5.57 Å². The van der Waals surface area contributed by atoms with E-state index in [0.29, 0.717) is 22.9 Å². The molecule has 7 nitrogen and oxygen atoms in total. The predicted octanol–water partition coefficient (Wildman–Crippen LogP) is 2.28. The van der Waals surface area contributed by atoms with Gasteiger partial charge in [0.25, 0.3) is 5.91 Å². The van der Waals surface area contributed by atoms with Gasteiger partial charge in [-0.2, -0.15) is 5.06 Å². The number of hydroxylamine groups is 4. The number of nitrogens with zero attached hydrogens (tertiary/aromatic N) is 2. The molecule has 0 aromatic heterocycles. The number of aliphatic hydroxyl groups excluding tert-OH is 2. The summed E-state index contributed by atoms with van der Waals surface area (Å²) in [6.07, 6.45) is 0.597. The van der Waals surface area contributed by atoms with Crippen LogP contribution in [0.3, 0.4) is 0 Å². The van der Waals surface area contributed by atoms with Crippen molar-refractivity contribution in [2.75, 3.05) is 19.9 Å². The maximum atomic E-state index is 13.0. The van der Waals surface area contributed by atoms with Crippen LogP contribution in [-0.4, -0.2) is 56.9 Å². The Morgan fingerprint density at radius 3 is 2.44 bits per heavy atom. The average molecular weight is 413 g/mol. The summed E-state index contributed by atoms with van der Waals surface area (Å²) in [7, 11) is 0. The van der Waals surface area contributed by atoms with E-state index in [1.807, 2.05) is 26.0 Å². The van der Waals surface area contributed by atoms with Crippen LogP contribution in [0, 0.1) is 13.8 Å². The number of hydrogen-bond donors (Lipinski definition) is 3. The highest BCUT2D eigenvalue weighted by molar-refractivity contribution is 9.10. The first-order valence-electron chi connectivity index (χ1n) is 8.05. The standard InChI is InChI=1S/C17H21BrN2O5/c1-10-7-12(13(18)8-11(10)2)14-15(22)17(3-5-19(24)6-4-17)20(16(14)23)25-9-21/h7-8,21-22,24H,3-6,9H2,1-2H3. The first-order valence-corrected chi connectivity index (χ1v) is 8.84. The van der Waals surface area contributed by atoms with Crippen LogP contribution < -0.4 is 0 Å². The molecule has 3 N–H and O–H groups in total. The molecule has 8 heteroatoms. The van der Waals surface area contributed by atoms with Gasteiger partial charge in [-0.3, -0.25) is 4.79 Å². The van der Waals surface area contributed by atoms with E-state index >= 15 is 0 Å². The number of hydrogen-bond acceptors (Lipinski definition) is 6. The highest BCUT2D eigenvalue weighted by atomic mass is 79.9. The molecule has 25 heavy (non-hydrogen) atoms. The Bertz CT molecular complexity index is 741. The van der Waals surface area contributed by atoms with Crippen LogP contribution >= 0.6 is 15.9 Å². The summed E-state index contributed by atoms with van der Waals surface area (Å²) in [6, 6.07) is 3.75. The van der Waals surface area contributed by atoms with E-state index in [0.717, 1.165) is 21.3 Å². The van der Waals surface area contributed by atoms with Crippen LogP contribution in [0.15, 0.2) is 22.4 Å². The SMILES string of the molecule is Cc1cc(Br)c(C2=C(O)C3(CCN(O)CC3)N(OCO)C2=O)cc1C. The Balaban J connectivity index is 2.14. The Kier molecular flexibility index (Phi) is 4.91. The van der Waals surface area contributed by atoms with Gasteiger partial charge in [0, 0.05) is 23.1 Å². The molecule has 2 aliphatic rings. The third kappa shape index (κ3) is 2.88. The second-order valence-corrected chi connectivity index (χ2v) is 7.34. The normalized spacial score (nSPS) is 20.8. The minimum absolute atomic E-state index is 0.0806. The van der Waals surface area contributed by atoms with E-state index in [1.165, 1.54) is 0 Å². The van der Waals surface area contributed by atoms with Gasteiger partial charge in [0.15, 0.2) is 6.79 Å². The number of halogens is 1. The molecule has 0 bridgehead atoms. The molecule has 1 aromatic rings. The molecule has 2 aliphatic heterocycles. The molecule has 0 radical (unpaired) electrons. The smallest absolute Gasteiger partial charge is 0.282 e. The first-order chi connectivity index (χ1) is 11.8. The lowest BCUT2D eigenvalue weighted by Crippen LogP contribution is -2.54. The van der Waals surface area contributed by atoms with Crippen molar-refractivity contribution in [3.63, 3.8) is 0 Å². The number of aryl methyl sites for hydroxylation is 2. The Morgan fingerprint density at radius 2 is 1.84 bits per heavy atom. The highest BCUT2D eigenvalue weighted by Gasteiger charge is 2.55. The van der Waals surface area contributed by atoms with Crippen molar-refractivity contribution in [3.05, 3.63) is 39.1 Å². The first kappa shape index (κ1) is 18.3. The molecule has 0 aliphatic carbocycles. The van der Waals surface area contributed by atoms with Crippen molar-refractivity contribution in [1.29, 1.82) is 0 Å². The summed E-state index contributed by atoms with van der Waals surface area (Å²) < 4.78 is 0.700. The fourth-order valence-corrected chi connectivity index (χ4v) is 4.14. The summed E-state index contributed by atoms with van der Waals surface area (Å²) in [6.45, 7) is 3.79. The molecule has 2 heterocycles. The lowest BCUT2D eigenvalue weighted by molar-refractivity contribution is -0.253. The molecule has 1 fully saturated rings. The molecule has 0 atom stereocenters. The molecule has 1 amide bonds. The van der Waals surface area contributed by atoms with E-state index < -0.39 is 18.2 Å². The van der Waals surface area contributed by atoms with Crippen molar-refractivity contribution < 1.29 is 25.1 Å². The van der Waals surface area contributed by atoms with Gasteiger partial charge in [-0.25, -0.2) is 9.90 Å². The number of benzene rings is 1. The molecule has 0 saturated carbocycles. The summed E-state index contributed by atoms with van der Waals surface area (Å²) in [5.41, 5.74) is 1.72. The zero-order chi connectivity index (χ0) is 18.4. The zero-order valence-electron chi connectivity index (χ0n) is 14.1. The van der Waals surface area contributed by atoms with E-state index in [2.05, 4.69) is 15.9 Å². The zero-order valence-corrected chi connectivity index (χ0v) is 15.7. The number of amides is 1. The topological polar surface area (TPSA) is 93.5 Å². The van der Waals surface area contributed by atoms with Crippen LogP contribution in [0.4, 0.5) is 0 Å². The fourth-order valence-electron chi connectivity index (χ4n) is 3.49. The van der Waals surface area contributed by atoms with Crippen molar-refractivity contribution in [2.45, 2.75) is 32.2 Å².